The monoisotopic (exact) mass is 649 g/mol. The first-order chi connectivity index (χ1) is 19.2. The summed E-state index contributed by atoms with van der Waals surface area (Å²) in [6, 6.07) is 26.9. The molecule has 206 valence electrons. The second-order valence-electron chi connectivity index (χ2n) is 10.5. The molecule has 0 aliphatic carbocycles. The Labute approximate surface area is 246 Å². The predicted octanol–water partition coefficient (Wildman–Crippen LogP) is 6.17. The molecule has 8 heteroatoms. The second-order valence-corrected chi connectivity index (χ2v) is 11.7. The van der Waals surface area contributed by atoms with E-state index in [1.54, 1.807) is 24.3 Å². The molecule has 4 aromatic carbocycles. The minimum atomic E-state index is -0.670. The average molecular weight is 650 g/mol. The third kappa shape index (κ3) is 6.57. The molecule has 7 nitrogen and oxygen atoms in total. The number of aliphatic hydroxyl groups excluding tert-OH is 1. The summed E-state index contributed by atoms with van der Waals surface area (Å²) in [6.07, 6.45) is 0.0929. The minimum Gasteiger partial charge on any atom is -0.490 e. The van der Waals surface area contributed by atoms with E-state index >= 15 is 0 Å². The molecular formula is C32H32IN3O4. The first-order valence-corrected chi connectivity index (χ1v) is 14.2. The first-order valence-electron chi connectivity index (χ1n) is 13.1. The van der Waals surface area contributed by atoms with Crippen LogP contribution in [0.2, 0.25) is 0 Å². The number of H-pyrrole nitrogens is 1. The summed E-state index contributed by atoms with van der Waals surface area (Å²) in [4.78, 5) is 14.7. The number of para-hydroxylation sites is 1. The molecule has 5 aromatic rings. The van der Waals surface area contributed by atoms with Crippen LogP contribution < -0.4 is 20.5 Å². The number of aliphatic hydroxyl groups is 1. The SMILES string of the molecule is CC(C)(Cc1ccc(Oc2ccc(C(N)=O)cc2)c(I)c1)NCC(O)COc1cccc2[nH]c3ccccc3c12. The minimum absolute atomic E-state index is 0.187. The van der Waals surface area contributed by atoms with E-state index in [4.69, 9.17) is 15.2 Å². The summed E-state index contributed by atoms with van der Waals surface area (Å²) in [5.41, 5.74) is 8.72. The Morgan fingerprint density at radius 3 is 2.50 bits per heavy atom. The standard InChI is InChI=1S/C32H32IN3O4/c1-32(2,17-20-10-15-28(25(33)16-20)40-23-13-11-21(12-14-23)31(34)38)35-18-22(37)19-39-29-9-5-8-27-30(29)24-6-3-4-7-26(24)36-27/h3-16,22,35-37H,17-19H2,1-2H3,(H2,34,38). The lowest BCUT2D eigenvalue weighted by molar-refractivity contribution is 0.0995. The van der Waals surface area contributed by atoms with Crippen LogP contribution in [0.25, 0.3) is 21.8 Å². The Balaban J connectivity index is 1.15. The zero-order valence-corrected chi connectivity index (χ0v) is 24.6. The van der Waals surface area contributed by atoms with Gasteiger partial charge in [-0.05, 0) is 103 Å². The van der Waals surface area contributed by atoms with Gasteiger partial charge in [-0.25, -0.2) is 0 Å². The lowest BCUT2D eigenvalue weighted by atomic mass is 9.94. The molecule has 1 atom stereocenters. The van der Waals surface area contributed by atoms with Crippen molar-refractivity contribution in [1.82, 2.24) is 10.3 Å². The maximum atomic E-state index is 11.3. The zero-order valence-electron chi connectivity index (χ0n) is 22.4. The summed E-state index contributed by atoms with van der Waals surface area (Å²) in [5, 5.41) is 16.3. The van der Waals surface area contributed by atoms with E-state index in [1.165, 1.54) is 0 Å². The molecular weight excluding hydrogens is 617 g/mol. The fraction of sp³-hybridized carbons (Fsp3) is 0.219. The maximum absolute atomic E-state index is 11.3. The first kappa shape index (κ1) is 27.9. The number of aromatic amines is 1. The van der Waals surface area contributed by atoms with Gasteiger partial charge in [0.05, 0.1) is 9.09 Å². The van der Waals surface area contributed by atoms with Crippen LogP contribution in [0.5, 0.6) is 17.2 Å². The Kier molecular flexibility index (Phi) is 8.30. The summed E-state index contributed by atoms with van der Waals surface area (Å²) in [6.45, 7) is 4.82. The molecule has 5 rings (SSSR count). The summed E-state index contributed by atoms with van der Waals surface area (Å²) in [5.74, 6) is 1.66. The van der Waals surface area contributed by atoms with Crippen LogP contribution in [0.1, 0.15) is 29.8 Å². The number of halogens is 1. The zero-order chi connectivity index (χ0) is 28.3. The number of primary amides is 1. The van der Waals surface area contributed by atoms with Crippen LogP contribution in [-0.4, -0.2) is 40.8 Å². The normalized spacial score (nSPS) is 12.5. The van der Waals surface area contributed by atoms with E-state index in [0.29, 0.717) is 17.9 Å². The molecule has 40 heavy (non-hydrogen) atoms. The summed E-state index contributed by atoms with van der Waals surface area (Å²) < 4.78 is 13.0. The van der Waals surface area contributed by atoms with Crippen molar-refractivity contribution in [3.05, 3.63) is 99.6 Å². The van der Waals surface area contributed by atoms with Gasteiger partial charge in [-0.1, -0.05) is 30.3 Å². The van der Waals surface area contributed by atoms with E-state index in [-0.39, 0.29) is 12.1 Å². The number of hydrogen-bond donors (Lipinski definition) is 4. The molecule has 5 N–H and O–H groups in total. The van der Waals surface area contributed by atoms with E-state index < -0.39 is 12.0 Å². The predicted molar refractivity (Wildman–Crippen MR) is 167 cm³/mol. The van der Waals surface area contributed by atoms with Crippen molar-refractivity contribution in [2.24, 2.45) is 5.73 Å². The van der Waals surface area contributed by atoms with Crippen molar-refractivity contribution in [1.29, 1.82) is 0 Å². The van der Waals surface area contributed by atoms with Crippen LogP contribution in [-0.2, 0) is 6.42 Å². The Hall–Kier alpha value is -3.60. The van der Waals surface area contributed by atoms with Gasteiger partial charge in [-0.15, -0.1) is 0 Å². The molecule has 0 aliphatic heterocycles. The van der Waals surface area contributed by atoms with Crippen LogP contribution in [0.3, 0.4) is 0 Å². The number of amides is 1. The molecule has 0 saturated heterocycles. The number of nitrogens with two attached hydrogens (primary N) is 1. The van der Waals surface area contributed by atoms with Gasteiger partial charge in [0.25, 0.3) is 0 Å². The van der Waals surface area contributed by atoms with Crippen molar-refractivity contribution < 1.29 is 19.4 Å². The number of nitrogens with one attached hydrogen (secondary N) is 2. The Morgan fingerprint density at radius 2 is 1.75 bits per heavy atom. The van der Waals surface area contributed by atoms with Gasteiger partial charge in [-0.2, -0.15) is 0 Å². The fourth-order valence-electron chi connectivity index (χ4n) is 4.75. The lowest BCUT2D eigenvalue weighted by Gasteiger charge is -2.28. The summed E-state index contributed by atoms with van der Waals surface area (Å²) >= 11 is 2.26. The number of hydrogen-bond acceptors (Lipinski definition) is 5. The molecule has 1 unspecified atom stereocenters. The highest BCUT2D eigenvalue weighted by atomic mass is 127. The number of carbonyl (C=O) groups excluding carboxylic acids is 1. The molecule has 0 radical (unpaired) electrons. The van der Waals surface area contributed by atoms with Crippen LogP contribution in [0.15, 0.2) is 84.9 Å². The van der Waals surface area contributed by atoms with Gasteiger partial charge < -0.3 is 30.6 Å². The molecule has 0 bridgehead atoms. The molecule has 0 fully saturated rings. The Bertz CT molecular complexity index is 1650. The highest BCUT2D eigenvalue weighted by molar-refractivity contribution is 14.1. The van der Waals surface area contributed by atoms with E-state index in [9.17, 15) is 9.90 Å². The third-order valence-corrected chi connectivity index (χ3v) is 7.59. The number of β-amino-alcohol motifs (C(OH)–C–C–N with tert-alkyl or cyclic N) is 1. The fourth-order valence-corrected chi connectivity index (χ4v) is 5.44. The molecule has 0 spiro atoms. The van der Waals surface area contributed by atoms with Crippen molar-refractivity contribution in [2.45, 2.75) is 31.9 Å². The van der Waals surface area contributed by atoms with Crippen LogP contribution in [0.4, 0.5) is 0 Å². The molecule has 0 aliphatic rings. The maximum Gasteiger partial charge on any atom is 0.248 e. The van der Waals surface area contributed by atoms with Gasteiger partial charge in [0.2, 0.25) is 5.91 Å². The van der Waals surface area contributed by atoms with E-state index in [2.05, 4.69) is 58.9 Å². The van der Waals surface area contributed by atoms with Crippen molar-refractivity contribution in [2.75, 3.05) is 13.2 Å². The quantitative estimate of drug-likeness (QED) is 0.128. The van der Waals surface area contributed by atoms with Gasteiger partial charge in [0.15, 0.2) is 0 Å². The van der Waals surface area contributed by atoms with Crippen LogP contribution in [0, 0.1) is 3.57 Å². The molecule has 1 amide bonds. The van der Waals surface area contributed by atoms with Crippen molar-refractivity contribution in [3.63, 3.8) is 0 Å². The number of aromatic nitrogens is 1. The van der Waals surface area contributed by atoms with Crippen molar-refractivity contribution in [3.8, 4) is 17.2 Å². The molecule has 0 saturated carbocycles. The number of benzene rings is 4. The van der Waals surface area contributed by atoms with Gasteiger partial charge >= 0.3 is 0 Å². The lowest BCUT2D eigenvalue weighted by Crippen LogP contribution is -2.46. The van der Waals surface area contributed by atoms with E-state index in [0.717, 1.165) is 48.9 Å². The summed E-state index contributed by atoms with van der Waals surface area (Å²) in [7, 11) is 0. The number of ether oxygens (including phenoxy) is 2. The largest absolute Gasteiger partial charge is 0.490 e. The molecule has 1 heterocycles. The van der Waals surface area contributed by atoms with Gasteiger partial charge in [0.1, 0.15) is 30.0 Å². The molecule has 1 aromatic heterocycles. The van der Waals surface area contributed by atoms with Crippen molar-refractivity contribution >= 4 is 50.3 Å². The van der Waals surface area contributed by atoms with Gasteiger partial charge in [-0.3, -0.25) is 4.79 Å². The highest BCUT2D eigenvalue weighted by Gasteiger charge is 2.21. The Morgan fingerprint density at radius 1 is 1.00 bits per heavy atom. The average Bonchev–Trinajstić information content (AvgIpc) is 3.32. The van der Waals surface area contributed by atoms with Gasteiger partial charge in [0, 0.05) is 33.9 Å². The topological polar surface area (TPSA) is 110 Å². The highest BCUT2D eigenvalue weighted by Crippen LogP contribution is 2.33. The number of fused-ring (bicyclic) bond motifs is 3. The number of rotatable bonds is 11. The smallest absolute Gasteiger partial charge is 0.248 e. The second kappa shape index (κ2) is 11.9. The third-order valence-electron chi connectivity index (χ3n) is 6.75. The van der Waals surface area contributed by atoms with E-state index in [1.807, 2.05) is 48.5 Å². The number of carbonyl (C=O) groups is 1. The van der Waals surface area contributed by atoms with Crippen LogP contribution >= 0.6 is 22.6 Å².